The number of hydrogen-bond acceptors (Lipinski definition) is 2. The molecule has 1 saturated heterocycles. The number of urea groups is 1. The van der Waals surface area contributed by atoms with E-state index in [0.717, 1.165) is 42.6 Å². The lowest BCUT2D eigenvalue weighted by Crippen LogP contribution is -2.45. The Labute approximate surface area is 166 Å². The molecule has 0 aliphatic carbocycles. The van der Waals surface area contributed by atoms with E-state index in [4.69, 9.17) is 0 Å². The monoisotopic (exact) mass is 435 g/mol. The van der Waals surface area contributed by atoms with E-state index in [0.29, 0.717) is 0 Å². The molecule has 11 heteroatoms. The number of carbonyl (C=O) groups is 1. The van der Waals surface area contributed by atoms with Crippen molar-refractivity contribution >= 4 is 11.7 Å². The number of hydrogen-bond donors (Lipinski definition) is 1. The minimum absolute atomic E-state index is 0.106. The van der Waals surface area contributed by atoms with Crippen LogP contribution in [0.3, 0.4) is 0 Å². The van der Waals surface area contributed by atoms with Gasteiger partial charge in [-0.1, -0.05) is 0 Å². The molecule has 3 rings (SSSR count). The summed E-state index contributed by atoms with van der Waals surface area (Å²) in [6.07, 6.45) is -8.99. The van der Waals surface area contributed by atoms with Gasteiger partial charge in [0.05, 0.1) is 16.8 Å². The Morgan fingerprint density at radius 1 is 0.967 bits per heavy atom. The van der Waals surface area contributed by atoms with Crippen molar-refractivity contribution in [2.24, 2.45) is 0 Å². The number of piperidine rings is 1. The van der Waals surface area contributed by atoms with Crippen molar-refractivity contribution in [2.45, 2.75) is 30.9 Å². The van der Waals surface area contributed by atoms with Crippen LogP contribution in [-0.2, 0) is 18.0 Å². The second-order valence-electron chi connectivity index (χ2n) is 6.85. The molecule has 1 aromatic heterocycles. The minimum atomic E-state index is -4.76. The van der Waals surface area contributed by atoms with Crippen LogP contribution >= 0.6 is 0 Å². The van der Waals surface area contributed by atoms with Gasteiger partial charge in [0.25, 0.3) is 0 Å². The van der Waals surface area contributed by atoms with Crippen molar-refractivity contribution in [1.82, 2.24) is 9.88 Å². The van der Waals surface area contributed by atoms with E-state index >= 15 is 4.39 Å². The molecule has 2 heterocycles. The molecule has 0 unspecified atom stereocenters. The third-order valence-corrected chi connectivity index (χ3v) is 4.84. The summed E-state index contributed by atoms with van der Waals surface area (Å²) in [7, 11) is 0. The van der Waals surface area contributed by atoms with Crippen molar-refractivity contribution in [2.75, 3.05) is 18.4 Å². The molecule has 0 bridgehead atoms. The number of alkyl halides is 7. The van der Waals surface area contributed by atoms with Gasteiger partial charge in [-0.2, -0.15) is 26.3 Å². The maximum atomic E-state index is 15.3. The lowest BCUT2D eigenvalue weighted by Gasteiger charge is -2.36. The first kappa shape index (κ1) is 21.8. The maximum absolute atomic E-state index is 15.3. The van der Waals surface area contributed by atoms with Gasteiger partial charge in [0.1, 0.15) is 0 Å². The first-order valence-electron chi connectivity index (χ1n) is 8.85. The molecule has 0 saturated carbocycles. The summed E-state index contributed by atoms with van der Waals surface area (Å²) in [4.78, 5) is 17.1. The van der Waals surface area contributed by atoms with E-state index in [2.05, 4.69) is 10.3 Å². The summed E-state index contributed by atoms with van der Waals surface area (Å²) >= 11 is 0. The first-order valence-corrected chi connectivity index (χ1v) is 8.85. The number of benzene rings is 1. The van der Waals surface area contributed by atoms with Crippen LogP contribution in [0.1, 0.15) is 29.7 Å². The van der Waals surface area contributed by atoms with Gasteiger partial charge in [-0.05, 0) is 36.4 Å². The average Bonchev–Trinajstić information content (AvgIpc) is 2.67. The highest BCUT2D eigenvalue weighted by Crippen LogP contribution is 2.42. The van der Waals surface area contributed by atoms with Crippen LogP contribution in [0.15, 0.2) is 42.6 Å². The van der Waals surface area contributed by atoms with Gasteiger partial charge in [0, 0.05) is 37.8 Å². The van der Waals surface area contributed by atoms with Gasteiger partial charge < -0.3 is 10.2 Å². The number of likely N-dealkylation sites (tertiary alicyclic amines) is 1. The lowest BCUT2D eigenvalue weighted by atomic mass is 9.87. The standard InChI is InChI=1S/C19H16F7N3O/c20-17(15-14(19(24,25)26)2-1-9-27-15)7-10-29(11-8-17)16(30)28-13-5-3-12(4-6-13)18(21,22)23/h1-6,9H,7-8,10-11H2,(H,28,30). The van der Waals surface area contributed by atoms with Gasteiger partial charge in [0.2, 0.25) is 0 Å². The average molecular weight is 435 g/mol. The number of aromatic nitrogens is 1. The van der Waals surface area contributed by atoms with Gasteiger partial charge in [-0.15, -0.1) is 0 Å². The number of anilines is 1. The Morgan fingerprint density at radius 2 is 1.57 bits per heavy atom. The van der Waals surface area contributed by atoms with Crippen LogP contribution in [0, 0.1) is 0 Å². The number of pyridine rings is 1. The molecule has 1 aromatic carbocycles. The SMILES string of the molecule is O=C(Nc1ccc(C(F)(F)F)cc1)N1CCC(F)(c2ncccc2C(F)(F)F)CC1. The third kappa shape index (κ3) is 4.65. The van der Waals surface area contributed by atoms with Crippen molar-refractivity contribution in [3.05, 3.63) is 59.4 Å². The van der Waals surface area contributed by atoms with Crippen LogP contribution in [0.5, 0.6) is 0 Å². The molecule has 1 aliphatic heterocycles. The zero-order chi connectivity index (χ0) is 22.2. The fraction of sp³-hybridized carbons (Fsp3) is 0.368. The fourth-order valence-corrected chi connectivity index (χ4v) is 3.24. The van der Waals surface area contributed by atoms with Crippen LogP contribution in [-0.4, -0.2) is 29.0 Å². The number of nitrogens with one attached hydrogen (secondary N) is 1. The summed E-state index contributed by atoms with van der Waals surface area (Å²) in [5, 5.41) is 2.39. The Kier molecular flexibility index (Phi) is 5.66. The zero-order valence-corrected chi connectivity index (χ0v) is 15.3. The van der Waals surface area contributed by atoms with Gasteiger partial charge >= 0.3 is 18.4 Å². The van der Waals surface area contributed by atoms with E-state index in [-0.39, 0.29) is 18.8 Å². The van der Waals surface area contributed by atoms with Gasteiger partial charge in [-0.25, -0.2) is 9.18 Å². The Balaban J connectivity index is 1.66. The molecule has 2 aromatic rings. The van der Waals surface area contributed by atoms with Gasteiger partial charge in [0.15, 0.2) is 5.67 Å². The number of halogens is 7. The van der Waals surface area contributed by atoms with Crippen LogP contribution in [0.25, 0.3) is 0 Å². The first-order chi connectivity index (χ1) is 13.9. The highest BCUT2D eigenvalue weighted by Gasteiger charge is 2.45. The maximum Gasteiger partial charge on any atom is 0.418 e. The molecule has 2 amide bonds. The van der Waals surface area contributed by atoms with Crippen molar-refractivity contribution in [3.63, 3.8) is 0 Å². The summed E-state index contributed by atoms with van der Waals surface area (Å²) in [5.41, 5.74) is -4.99. The lowest BCUT2D eigenvalue weighted by molar-refractivity contribution is -0.140. The topological polar surface area (TPSA) is 45.2 Å². The molecular formula is C19H16F7N3O. The normalized spacial score (nSPS) is 17.0. The van der Waals surface area contributed by atoms with Crippen molar-refractivity contribution in [3.8, 4) is 0 Å². The molecular weight excluding hydrogens is 419 g/mol. The predicted octanol–water partition coefficient (Wildman–Crippen LogP) is 5.61. The minimum Gasteiger partial charge on any atom is -0.324 e. The van der Waals surface area contributed by atoms with E-state index in [1.165, 1.54) is 4.90 Å². The zero-order valence-electron chi connectivity index (χ0n) is 15.3. The fourth-order valence-electron chi connectivity index (χ4n) is 3.24. The van der Waals surface area contributed by atoms with E-state index < -0.39 is 53.7 Å². The second kappa shape index (κ2) is 7.77. The van der Waals surface area contributed by atoms with Crippen LogP contribution in [0.2, 0.25) is 0 Å². The summed E-state index contributed by atoms with van der Waals surface area (Å²) < 4.78 is 92.5. The van der Waals surface area contributed by atoms with E-state index in [9.17, 15) is 31.1 Å². The highest BCUT2D eigenvalue weighted by atomic mass is 19.4. The summed E-state index contributed by atoms with van der Waals surface area (Å²) in [6, 6.07) is 4.90. The molecule has 30 heavy (non-hydrogen) atoms. The third-order valence-electron chi connectivity index (χ3n) is 4.84. The number of amides is 2. The molecule has 0 atom stereocenters. The highest BCUT2D eigenvalue weighted by molar-refractivity contribution is 5.89. The molecule has 4 nitrogen and oxygen atoms in total. The molecule has 1 aliphatic rings. The summed E-state index contributed by atoms with van der Waals surface area (Å²) in [6.45, 7) is -0.367. The number of carbonyl (C=O) groups excluding carboxylic acids is 1. The van der Waals surface area contributed by atoms with E-state index in [1.807, 2.05) is 0 Å². The Bertz CT molecular complexity index is 902. The molecule has 162 valence electrons. The Morgan fingerprint density at radius 3 is 2.10 bits per heavy atom. The molecule has 0 spiro atoms. The van der Waals surface area contributed by atoms with E-state index in [1.54, 1.807) is 0 Å². The van der Waals surface area contributed by atoms with Gasteiger partial charge in [-0.3, -0.25) is 4.98 Å². The predicted molar refractivity (Wildman–Crippen MR) is 93.3 cm³/mol. The van der Waals surface area contributed by atoms with Crippen LogP contribution in [0.4, 0.5) is 41.2 Å². The van der Waals surface area contributed by atoms with Crippen molar-refractivity contribution < 1.29 is 35.5 Å². The number of nitrogens with zero attached hydrogens (tertiary/aromatic N) is 2. The smallest absolute Gasteiger partial charge is 0.324 e. The molecule has 1 fully saturated rings. The quantitative estimate of drug-likeness (QED) is 0.623. The van der Waals surface area contributed by atoms with Crippen LogP contribution < -0.4 is 5.32 Å². The molecule has 1 N–H and O–H groups in total. The Hall–Kier alpha value is -2.85. The van der Waals surface area contributed by atoms with Crippen molar-refractivity contribution in [1.29, 1.82) is 0 Å². The second-order valence-corrected chi connectivity index (χ2v) is 6.85. The largest absolute Gasteiger partial charge is 0.418 e. The molecule has 0 radical (unpaired) electrons. The summed E-state index contributed by atoms with van der Waals surface area (Å²) in [5.74, 6) is 0. The number of rotatable bonds is 2.